The number of benzene rings is 2. The van der Waals surface area contributed by atoms with Crippen molar-refractivity contribution in [2.24, 2.45) is 5.10 Å². The summed E-state index contributed by atoms with van der Waals surface area (Å²) in [6.45, 7) is 0. The topological polar surface area (TPSA) is 70.6 Å². The van der Waals surface area contributed by atoms with Crippen LogP contribution >= 0.6 is 11.3 Å². The fourth-order valence-corrected chi connectivity index (χ4v) is 2.89. The molecule has 5 nitrogen and oxygen atoms in total. The molecule has 0 saturated carbocycles. The van der Waals surface area contributed by atoms with Crippen molar-refractivity contribution < 1.29 is 14.0 Å². The van der Waals surface area contributed by atoms with E-state index in [-0.39, 0.29) is 11.5 Å². The van der Waals surface area contributed by atoms with E-state index in [9.17, 15) is 14.0 Å². The minimum atomic E-state index is -0.573. The van der Waals surface area contributed by atoms with Crippen LogP contribution in [0.4, 0.5) is 4.39 Å². The highest BCUT2D eigenvalue weighted by molar-refractivity contribution is 7.10. The molecule has 0 aliphatic heterocycles. The van der Waals surface area contributed by atoms with Crippen LogP contribution in [0.2, 0.25) is 0 Å². The monoisotopic (exact) mass is 393 g/mol. The second kappa shape index (κ2) is 9.38. The molecular formula is C21H16FN3O2S. The SMILES string of the molecule is O=C(N/N=C/c1ccc(F)cc1)/C(=C/c1cccs1)NC(=O)c1ccccc1. The standard InChI is InChI=1S/C21H16FN3O2S/c22-17-10-8-15(9-11-17)14-23-25-21(27)19(13-18-7-4-12-28-18)24-20(26)16-5-2-1-3-6-16/h1-14H,(H,24,26)(H,25,27)/b19-13-,23-14+. The lowest BCUT2D eigenvalue weighted by Gasteiger charge is -2.08. The molecule has 28 heavy (non-hydrogen) atoms. The summed E-state index contributed by atoms with van der Waals surface area (Å²) in [5.74, 6) is -1.33. The fraction of sp³-hybridized carbons (Fsp3) is 0. The lowest BCUT2D eigenvalue weighted by atomic mass is 10.2. The number of hydrogen-bond donors (Lipinski definition) is 2. The zero-order chi connectivity index (χ0) is 19.8. The van der Waals surface area contributed by atoms with Gasteiger partial charge in [-0.3, -0.25) is 9.59 Å². The van der Waals surface area contributed by atoms with Crippen LogP contribution in [0.15, 0.2) is 82.9 Å². The molecule has 0 aliphatic carbocycles. The van der Waals surface area contributed by atoms with Gasteiger partial charge < -0.3 is 5.32 Å². The Hall–Kier alpha value is -3.58. The molecule has 3 aromatic rings. The number of carbonyl (C=O) groups excluding carboxylic acids is 2. The second-order valence-corrected chi connectivity index (χ2v) is 6.62. The highest BCUT2D eigenvalue weighted by Crippen LogP contribution is 2.13. The summed E-state index contributed by atoms with van der Waals surface area (Å²) in [6, 6.07) is 17.9. The van der Waals surface area contributed by atoms with Gasteiger partial charge in [-0.25, -0.2) is 9.82 Å². The van der Waals surface area contributed by atoms with Crippen LogP contribution in [0.25, 0.3) is 6.08 Å². The normalized spacial score (nSPS) is 11.4. The van der Waals surface area contributed by atoms with Gasteiger partial charge in [0.05, 0.1) is 6.21 Å². The van der Waals surface area contributed by atoms with Gasteiger partial charge in [0.15, 0.2) is 0 Å². The van der Waals surface area contributed by atoms with Gasteiger partial charge in [-0.1, -0.05) is 36.4 Å². The maximum atomic E-state index is 12.9. The number of rotatable bonds is 6. The van der Waals surface area contributed by atoms with Gasteiger partial charge in [0, 0.05) is 10.4 Å². The number of thiophene rings is 1. The zero-order valence-corrected chi connectivity index (χ0v) is 15.4. The van der Waals surface area contributed by atoms with Gasteiger partial charge in [0.25, 0.3) is 11.8 Å². The van der Waals surface area contributed by atoms with E-state index in [0.29, 0.717) is 11.1 Å². The van der Waals surface area contributed by atoms with Crippen molar-refractivity contribution in [1.82, 2.24) is 10.7 Å². The van der Waals surface area contributed by atoms with E-state index < -0.39 is 11.8 Å². The minimum Gasteiger partial charge on any atom is -0.317 e. The van der Waals surface area contributed by atoms with E-state index in [2.05, 4.69) is 15.8 Å². The third kappa shape index (κ3) is 5.46. The third-order valence-electron chi connectivity index (χ3n) is 3.61. The largest absolute Gasteiger partial charge is 0.317 e. The lowest BCUT2D eigenvalue weighted by molar-refractivity contribution is -0.117. The Labute approximate surface area is 165 Å². The summed E-state index contributed by atoms with van der Waals surface area (Å²) in [5, 5.41) is 8.35. The maximum Gasteiger partial charge on any atom is 0.287 e. The summed E-state index contributed by atoms with van der Waals surface area (Å²) >= 11 is 1.43. The Kier molecular flexibility index (Phi) is 6.43. The van der Waals surface area contributed by atoms with E-state index >= 15 is 0 Å². The van der Waals surface area contributed by atoms with Crippen LogP contribution in [-0.2, 0) is 4.79 Å². The van der Waals surface area contributed by atoms with Crippen molar-refractivity contribution in [2.45, 2.75) is 0 Å². The van der Waals surface area contributed by atoms with Crippen LogP contribution in [-0.4, -0.2) is 18.0 Å². The molecule has 0 radical (unpaired) electrons. The Bertz CT molecular complexity index is 998. The molecule has 0 unspecified atom stereocenters. The first-order valence-corrected chi connectivity index (χ1v) is 9.20. The molecule has 140 valence electrons. The van der Waals surface area contributed by atoms with Crippen molar-refractivity contribution in [1.29, 1.82) is 0 Å². The summed E-state index contributed by atoms with van der Waals surface area (Å²) in [6.07, 6.45) is 2.97. The van der Waals surface area contributed by atoms with Crippen LogP contribution in [0, 0.1) is 5.82 Å². The smallest absolute Gasteiger partial charge is 0.287 e. The Morgan fingerprint density at radius 2 is 1.71 bits per heavy atom. The average Bonchev–Trinajstić information content (AvgIpc) is 3.22. The van der Waals surface area contributed by atoms with E-state index in [1.54, 1.807) is 36.4 Å². The predicted octanol–water partition coefficient (Wildman–Crippen LogP) is 3.81. The van der Waals surface area contributed by atoms with Gasteiger partial charge in [0.1, 0.15) is 11.5 Å². The number of hydrazone groups is 1. The molecule has 2 N–H and O–H groups in total. The minimum absolute atomic E-state index is 0.0626. The van der Waals surface area contributed by atoms with Gasteiger partial charge >= 0.3 is 0 Å². The molecule has 3 rings (SSSR count). The van der Waals surface area contributed by atoms with Crippen LogP contribution in [0.5, 0.6) is 0 Å². The van der Waals surface area contributed by atoms with Crippen molar-refractivity contribution in [2.75, 3.05) is 0 Å². The lowest BCUT2D eigenvalue weighted by Crippen LogP contribution is -2.32. The Balaban J connectivity index is 1.73. The van der Waals surface area contributed by atoms with E-state index in [0.717, 1.165) is 4.88 Å². The quantitative estimate of drug-likeness (QED) is 0.380. The van der Waals surface area contributed by atoms with Crippen molar-refractivity contribution in [3.63, 3.8) is 0 Å². The van der Waals surface area contributed by atoms with Gasteiger partial charge in [0.2, 0.25) is 0 Å². The van der Waals surface area contributed by atoms with Crippen LogP contribution in [0.3, 0.4) is 0 Å². The summed E-state index contributed by atoms with van der Waals surface area (Å²) in [4.78, 5) is 25.7. The highest BCUT2D eigenvalue weighted by Gasteiger charge is 2.14. The van der Waals surface area contributed by atoms with E-state index in [1.165, 1.54) is 41.8 Å². The maximum absolute atomic E-state index is 12.9. The first-order valence-electron chi connectivity index (χ1n) is 8.32. The summed E-state index contributed by atoms with van der Waals surface area (Å²) in [5.41, 5.74) is 3.49. The molecule has 0 fully saturated rings. The van der Waals surface area contributed by atoms with E-state index in [4.69, 9.17) is 0 Å². The first kappa shape index (κ1) is 19.2. The molecule has 0 atom stereocenters. The molecule has 7 heteroatoms. The highest BCUT2D eigenvalue weighted by atomic mass is 32.1. The molecule has 0 aliphatic rings. The summed E-state index contributed by atoms with van der Waals surface area (Å²) in [7, 11) is 0. The van der Waals surface area contributed by atoms with Crippen LogP contribution < -0.4 is 10.7 Å². The van der Waals surface area contributed by atoms with Gasteiger partial charge in [-0.05, 0) is 47.4 Å². The molecule has 1 aromatic heterocycles. The molecular weight excluding hydrogens is 377 g/mol. The first-order chi connectivity index (χ1) is 13.6. The number of carbonyl (C=O) groups is 2. The zero-order valence-electron chi connectivity index (χ0n) is 14.6. The van der Waals surface area contributed by atoms with Crippen molar-refractivity contribution in [3.8, 4) is 0 Å². The number of halogens is 1. The number of amides is 2. The molecule has 0 saturated heterocycles. The second-order valence-electron chi connectivity index (χ2n) is 5.64. The molecule has 2 amide bonds. The fourth-order valence-electron chi connectivity index (χ4n) is 2.23. The average molecular weight is 393 g/mol. The third-order valence-corrected chi connectivity index (χ3v) is 4.43. The van der Waals surface area contributed by atoms with Crippen molar-refractivity contribution in [3.05, 3.63) is 99.6 Å². The Morgan fingerprint density at radius 3 is 2.39 bits per heavy atom. The Morgan fingerprint density at radius 1 is 0.964 bits per heavy atom. The predicted molar refractivity (Wildman–Crippen MR) is 108 cm³/mol. The van der Waals surface area contributed by atoms with E-state index in [1.807, 2.05) is 17.5 Å². The van der Waals surface area contributed by atoms with Gasteiger partial charge in [-0.2, -0.15) is 5.10 Å². The summed E-state index contributed by atoms with van der Waals surface area (Å²) < 4.78 is 12.9. The molecule has 0 bridgehead atoms. The molecule has 0 spiro atoms. The van der Waals surface area contributed by atoms with Crippen molar-refractivity contribution >= 4 is 35.4 Å². The number of nitrogens with one attached hydrogen (secondary N) is 2. The number of nitrogens with zero attached hydrogens (tertiary/aromatic N) is 1. The van der Waals surface area contributed by atoms with Gasteiger partial charge in [-0.15, -0.1) is 11.3 Å². The molecule has 2 aromatic carbocycles. The van der Waals surface area contributed by atoms with Crippen LogP contribution in [0.1, 0.15) is 20.8 Å². The number of hydrogen-bond acceptors (Lipinski definition) is 4. The molecule has 1 heterocycles.